The molecule has 0 unspecified atom stereocenters. The Hall–Kier alpha value is -2.93. The summed E-state index contributed by atoms with van der Waals surface area (Å²) >= 11 is 1.38. The van der Waals surface area contributed by atoms with Gasteiger partial charge < -0.3 is 15.2 Å². The third-order valence-corrected chi connectivity index (χ3v) is 5.60. The van der Waals surface area contributed by atoms with Crippen LogP contribution in [-0.4, -0.2) is 27.9 Å². The lowest BCUT2D eigenvalue weighted by molar-refractivity contribution is -0.116. The van der Waals surface area contributed by atoms with E-state index in [9.17, 15) is 9.59 Å². The van der Waals surface area contributed by atoms with Crippen LogP contribution in [0.1, 0.15) is 34.8 Å². The number of aryl methyl sites for hydroxylation is 2. The molecule has 144 valence electrons. The van der Waals surface area contributed by atoms with E-state index in [1.165, 1.54) is 24.2 Å². The third kappa shape index (κ3) is 4.31. The number of fused-ring (bicyclic) bond motifs is 1. The standard InChI is InChI=1S/C21H22N4O2S/c26-20(9-10-22-21(27)18-7-4-12-28-18)23-16-6-3-5-15(13-16)17-14-25-11-2-1-8-19(25)24-17/h3-7,12-14H,1-2,8-11H2,(H,22,27)(H,23,26). The molecule has 2 amide bonds. The van der Waals surface area contributed by atoms with Crippen LogP contribution in [0, 0.1) is 0 Å². The van der Waals surface area contributed by atoms with Gasteiger partial charge in [0.1, 0.15) is 5.82 Å². The smallest absolute Gasteiger partial charge is 0.261 e. The Labute approximate surface area is 167 Å². The fourth-order valence-electron chi connectivity index (χ4n) is 3.32. The highest BCUT2D eigenvalue weighted by molar-refractivity contribution is 7.12. The van der Waals surface area contributed by atoms with Gasteiger partial charge in [-0.15, -0.1) is 11.3 Å². The molecule has 6 nitrogen and oxygen atoms in total. The first-order valence-corrected chi connectivity index (χ1v) is 10.3. The minimum Gasteiger partial charge on any atom is -0.351 e. The molecule has 1 aliphatic rings. The highest BCUT2D eigenvalue weighted by atomic mass is 32.1. The van der Waals surface area contributed by atoms with Crippen molar-refractivity contribution in [1.29, 1.82) is 0 Å². The van der Waals surface area contributed by atoms with Gasteiger partial charge in [0.05, 0.1) is 10.6 Å². The van der Waals surface area contributed by atoms with Crippen LogP contribution in [0.2, 0.25) is 0 Å². The molecule has 1 aromatic carbocycles. The molecule has 0 saturated heterocycles. The number of amides is 2. The Morgan fingerprint density at radius 1 is 1.18 bits per heavy atom. The van der Waals surface area contributed by atoms with Gasteiger partial charge in [-0.2, -0.15) is 0 Å². The van der Waals surface area contributed by atoms with Crippen molar-refractivity contribution < 1.29 is 9.59 Å². The first-order valence-electron chi connectivity index (χ1n) is 9.47. The zero-order valence-corrected chi connectivity index (χ0v) is 16.3. The summed E-state index contributed by atoms with van der Waals surface area (Å²) in [6.45, 7) is 1.33. The van der Waals surface area contributed by atoms with E-state index in [1.807, 2.05) is 35.7 Å². The van der Waals surface area contributed by atoms with Gasteiger partial charge in [0.25, 0.3) is 5.91 Å². The second-order valence-corrected chi connectivity index (χ2v) is 7.75. The van der Waals surface area contributed by atoms with Gasteiger partial charge in [-0.25, -0.2) is 4.98 Å². The summed E-state index contributed by atoms with van der Waals surface area (Å²) in [7, 11) is 0. The van der Waals surface area contributed by atoms with Crippen LogP contribution >= 0.6 is 11.3 Å². The molecule has 0 bridgehead atoms. The SMILES string of the molecule is O=C(CCNC(=O)c1cccs1)Nc1cccc(-c2cn3c(n2)CCCC3)c1. The maximum atomic E-state index is 12.2. The van der Waals surface area contributed by atoms with Crippen molar-refractivity contribution in [3.63, 3.8) is 0 Å². The molecule has 0 aliphatic carbocycles. The molecule has 2 aromatic heterocycles. The predicted molar refractivity (Wildman–Crippen MR) is 110 cm³/mol. The molecule has 0 fully saturated rings. The van der Waals surface area contributed by atoms with Gasteiger partial charge in [-0.1, -0.05) is 18.2 Å². The van der Waals surface area contributed by atoms with E-state index in [0.717, 1.165) is 35.7 Å². The van der Waals surface area contributed by atoms with E-state index in [-0.39, 0.29) is 18.2 Å². The molecule has 3 heterocycles. The lowest BCUT2D eigenvalue weighted by atomic mass is 10.1. The van der Waals surface area contributed by atoms with Gasteiger partial charge in [0, 0.05) is 43.4 Å². The maximum Gasteiger partial charge on any atom is 0.261 e. The van der Waals surface area contributed by atoms with Crippen molar-refractivity contribution in [3.8, 4) is 11.3 Å². The molecule has 0 atom stereocenters. The van der Waals surface area contributed by atoms with E-state index in [2.05, 4.69) is 21.4 Å². The summed E-state index contributed by atoms with van der Waals surface area (Å²) in [5.74, 6) is 0.860. The van der Waals surface area contributed by atoms with Gasteiger partial charge >= 0.3 is 0 Å². The molecule has 2 N–H and O–H groups in total. The molecule has 1 aliphatic heterocycles. The third-order valence-electron chi connectivity index (χ3n) is 4.73. The van der Waals surface area contributed by atoms with Crippen LogP contribution in [0.5, 0.6) is 0 Å². The average molecular weight is 395 g/mol. The second-order valence-electron chi connectivity index (χ2n) is 6.81. The average Bonchev–Trinajstić information content (AvgIpc) is 3.38. The Balaban J connectivity index is 1.33. The number of carbonyl (C=O) groups is 2. The van der Waals surface area contributed by atoms with Gasteiger partial charge in [-0.3, -0.25) is 9.59 Å². The number of carbonyl (C=O) groups excluding carboxylic acids is 2. The number of rotatable bonds is 6. The number of nitrogens with one attached hydrogen (secondary N) is 2. The number of thiophene rings is 1. The van der Waals surface area contributed by atoms with Crippen molar-refractivity contribution in [1.82, 2.24) is 14.9 Å². The van der Waals surface area contributed by atoms with Crippen LogP contribution in [-0.2, 0) is 17.8 Å². The van der Waals surface area contributed by atoms with E-state index >= 15 is 0 Å². The molecule has 3 aromatic rings. The minimum absolute atomic E-state index is 0.132. The van der Waals surface area contributed by atoms with Crippen LogP contribution in [0.25, 0.3) is 11.3 Å². The van der Waals surface area contributed by atoms with Crippen molar-refractivity contribution >= 4 is 28.8 Å². The lowest BCUT2D eigenvalue weighted by Crippen LogP contribution is -2.27. The molecule has 4 rings (SSSR count). The van der Waals surface area contributed by atoms with Crippen LogP contribution in [0.15, 0.2) is 48.0 Å². The maximum absolute atomic E-state index is 12.2. The minimum atomic E-state index is -0.145. The quantitative estimate of drug-likeness (QED) is 0.669. The summed E-state index contributed by atoms with van der Waals surface area (Å²) < 4.78 is 2.22. The predicted octanol–water partition coefficient (Wildman–Crippen LogP) is 3.71. The Bertz CT molecular complexity index is 955. The van der Waals surface area contributed by atoms with E-state index in [0.29, 0.717) is 11.4 Å². The van der Waals surface area contributed by atoms with Gasteiger partial charge in [-0.05, 0) is 36.4 Å². The Kier molecular flexibility index (Phi) is 5.53. The monoisotopic (exact) mass is 394 g/mol. The van der Waals surface area contributed by atoms with E-state index in [4.69, 9.17) is 4.98 Å². The molecule has 0 spiro atoms. The number of nitrogens with zero attached hydrogens (tertiary/aromatic N) is 2. The van der Waals surface area contributed by atoms with Crippen LogP contribution in [0.3, 0.4) is 0 Å². The summed E-state index contributed by atoms with van der Waals surface area (Å²) in [4.78, 5) is 29.5. The highest BCUT2D eigenvalue weighted by Gasteiger charge is 2.14. The largest absolute Gasteiger partial charge is 0.351 e. The Morgan fingerprint density at radius 3 is 2.93 bits per heavy atom. The molecule has 7 heteroatoms. The topological polar surface area (TPSA) is 76.0 Å². The normalized spacial score (nSPS) is 13.0. The van der Waals surface area contributed by atoms with Crippen molar-refractivity contribution in [2.24, 2.45) is 0 Å². The highest BCUT2D eigenvalue weighted by Crippen LogP contribution is 2.24. The first-order chi connectivity index (χ1) is 13.7. The number of benzene rings is 1. The molecular formula is C21H22N4O2S. The number of anilines is 1. The number of imidazole rings is 1. The van der Waals surface area contributed by atoms with E-state index < -0.39 is 0 Å². The van der Waals surface area contributed by atoms with Crippen molar-refractivity contribution in [2.45, 2.75) is 32.2 Å². The zero-order chi connectivity index (χ0) is 19.3. The number of hydrogen-bond donors (Lipinski definition) is 2. The van der Waals surface area contributed by atoms with Crippen LogP contribution < -0.4 is 10.6 Å². The van der Waals surface area contributed by atoms with Gasteiger partial charge in [0.15, 0.2) is 0 Å². The second kappa shape index (κ2) is 8.39. The summed E-state index contributed by atoms with van der Waals surface area (Å²) in [5, 5.41) is 7.52. The first kappa shape index (κ1) is 18.4. The summed E-state index contributed by atoms with van der Waals surface area (Å²) in [6.07, 6.45) is 5.72. The van der Waals surface area contributed by atoms with Gasteiger partial charge in [0.2, 0.25) is 5.91 Å². The summed E-state index contributed by atoms with van der Waals surface area (Å²) in [5.41, 5.74) is 2.67. The van der Waals surface area contributed by atoms with Crippen molar-refractivity contribution in [3.05, 3.63) is 58.7 Å². The van der Waals surface area contributed by atoms with E-state index in [1.54, 1.807) is 6.07 Å². The fraction of sp³-hybridized carbons (Fsp3) is 0.286. The molecule has 28 heavy (non-hydrogen) atoms. The van der Waals surface area contributed by atoms with Crippen molar-refractivity contribution in [2.75, 3.05) is 11.9 Å². The zero-order valence-electron chi connectivity index (χ0n) is 15.5. The number of aromatic nitrogens is 2. The Morgan fingerprint density at radius 2 is 2.11 bits per heavy atom. The lowest BCUT2D eigenvalue weighted by Gasteiger charge is -2.11. The molecule has 0 radical (unpaired) electrons. The fourth-order valence-corrected chi connectivity index (χ4v) is 3.96. The number of hydrogen-bond acceptors (Lipinski definition) is 4. The molecule has 0 saturated carbocycles. The summed E-state index contributed by atoms with van der Waals surface area (Å²) in [6, 6.07) is 11.3. The molecular weight excluding hydrogens is 372 g/mol. The van der Waals surface area contributed by atoms with Crippen LogP contribution in [0.4, 0.5) is 5.69 Å².